The molecular formula is C9H7NO4. The van der Waals surface area contributed by atoms with E-state index in [1.54, 1.807) is 12.1 Å². The van der Waals surface area contributed by atoms with Gasteiger partial charge in [0.15, 0.2) is 5.75 Å². The number of hydrogen-bond donors (Lipinski definition) is 3. The van der Waals surface area contributed by atoms with E-state index in [9.17, 15) is 15.1 Å². The van der Waals surface area contributed by atoms with Gasteiger partial charge in [0.2, 0.25) is 5.75 Å². The molecule has 0 saturated heterocycles. The smallest absolute Gasteiger partial charge is 0.329 e. The quantitative estimate of drug-likeness (QED) is 0.536. The van der Waals surface area contributed by atoms with Gasteiger partial charge in [-0.2, -0.15) is 0 Å². The van der Waals surface area contributed by atoms with Gasteiger partial charge in [-0.25, -0.2) is 0 Å². The molecule has 3 N–H and O–H groups in total. The monoisotopic (exact) mass is 193 g/mol. The third-order valence-corrected chi connectivity index (χ3v) is 2.01. The standard InChI is InChI=1S/C9H7NO4/c11-7-5-3-1-2-4-6(5)10(14)9(13)8(7)12/h1-4,11-12,14H. The number of rotatable bonds is 0. The van der Waals surface area contributed by atoms with Gasteiger partial charge in [-0.05, 0) is 12.1 Å². The molecule has 0 unspecified atom stereocenters. The molecular weight excluding hydrogens is 186 g/mol. The number of pyridine rings is 1. The van der Waals surface area contributed by atoms with Crippen molar-refractivity contribution in [3.05, 3.63) is 34.6 Å². The summed E-state index contributed by atoms with van der Waals surface area (Å²) in [6.07, 6.45) is 0. The molecule has 1 aromatic carbocycles. The van der Waals surface area contributed by atoms with Crippen LogP contribution in [-0.2, 0) is 0 Å². The van der Waals surface area contributed by atoms with Crippen molar-refractivity contribution < 1.29 is 15.4 Å². The fourth-order valence-electron chi connectivity index (χ4n) is 1.30. The van der Waals surface area contributed by atoms with E-state index < -0.39 is 17.1 Å². The van der Waals surface area contributed by atoms with Gasteiger partial charge in [-0.3, -0.25) is 4.79 Å². The van der Waals surface area contributed by atoms with Crippen LogP contribution in [0.3, 0.4) is 0 Å². The second-order valence-electron chi connectivity index (χ2n) is 2.83. The average molecular weight is 193 g/mol. The second kappa shape index (κ2) is 2.66. The second-order valence-corrected chi connectivity index (χ2v) is 2.83. The highest BCUT2D eigenvalue weighted by Crippen LogP contribution is 2.29. The van der Waals surface area contributed by atoms with Crippen LogP contribution in [0.5, 0.6) is 11.5 Å². The average Bonchev–Trinajstić information content (AvgIpc) is 2.23. The Bertz CT molecular complexity index is 558. The predicted octanol–water partition coefficient (Wildman–Crippen LogP) is 0.650. The fraction of sp³-hybridized carbons (Fsp3) is 0. The van der Waals surface area contributed by atoms with E-state index in [1.165, 1.54) is 12.1 Å². The minimum Gasteiger partial charge on any atom is -0.504 e. The molecule has 2 aromatic rings. The van der Waals surface area contributed by atoms with Gasteiger partial charge in [-0.15, -0.1) is 4.73 Å². The van der Waals surface area contributed by atoms with Gasteiger partial charge < -0.3 is 15.4 Å². The molecule has 0 spiro atoms. The summed E-state index contributed by atoms with van der Waals surface area (Å²) in [5.41, 5.74) is -0.894. The lowest BCUT2D eigenvalue weighted by molar-refractivity contribution is 0.183. The van der Waals surface area contributed by atoms with Crippen molar-refractivity contribution >= 4 is 10.9 Å². The van der Waals surface area contributed by atoms with Crippen LogP contribution in [-0.4, -0.2) is 20.2 Å². The van der Waals surface area contributed by atoms with Crippen LogP contribution >= 0.6 is 0 Å². The summed E-state index contributed by atoms with van der Waals surface area (Å²) in [7, 11) is 0. The molecule has 0 aliphatic heterocycles. The molecule has 0 radical (unpaired) electrons. The van der Waals surface area contributed by atoms with Gasteiger partial charge in [0.05, 0.1) is 5.52 Å². The SMILES string of the molecule is O=c1c(O)c(O)c2ccccc2n1O. The van der Waals surface area contributed by atoms with Crippen molar-refractivity contribution in [2.45, 2.75) is 0 Å². The molecule has 0 fully saturated rings. The Morgan fingerprint density at radius 2 is 1.71 bits per heavy atom. The summed E-state index contributed by atoms with van der Waals surface area (Å²) < 4.78 is 0.296. The number of hydrogen-bond acceptors (Lipinski definition) is 4. The highest BCUT2D eigenvalue weighted by atomic mass is 16.5. The van der Waals surface area contributed by atoms with Crippen LogP contribution in [0.1, 0.15) is 0 Å². The van der Waals surface area contributed by atoms with E-state index in [1.807, 2.05) is 0 Å². The molecule has 0 saturated carbocycles. The molecule has 1 aromatic heterocycles. The lowest BCUT2D eigenvalue weighted by atomic mass is 10.2. The number of aromatic hydroxyl groups is 2. The molecule has 2 rings (SSSR count). The fourth-order valence-corrected chi connectivity index (χ4v) is 1.30. The molecule has 0 bridgehead atoms. The van der Waals surface area contributed by atoms with E-state index in [2.05, 4.69) is 0 Å². The Balaban J connectivity index is 3.10. The molecule has 1 heterocycles. The third-order valence-electron chi connectivity index (χ3n) is 2.01. The van der Waals surface area contributed by atoms with E-state index in [0.717, 1.165) is 0 Å². The highest BCUT2D eigenvalue weighted by Gasteiger charge is 2.13. The molecule has 0 atom stereocenters. The van der Waals surface area contributed by atoms with Gasteiger partial charge >= 0.3 is 5.56 Å². The van der Waals surface area contributed by atoms with E-state index in [-0.39, 0.29) is 10.9 Å². The zero-order chi connectivity index (χ0) is 10.3. The Labute approximate surface area is 78.0 Å². The van der Waals surface area contributed by atoms with Crippen LogP contribution in [0.4, 0.5) is 0 Å². The first-order valence-corrected chi connectivity index (χ1v) is 3.88. The number of fused-ring (bicyclic) bond motifs is 1. The molecule has 72 valence electrons. The molecule has 5 heteroatoms. The summed E-state index contributed by atoms with van der Waals surface area (Å²) in [5, 5.41) is 28.0. The molecule has 0 aliphatic carbocycles. The van der Waals surface area contributed by atoms with Crippen molar-refractivity contribution in [1.29, 1.82) is 0 Å². The lowest BCUT2D eigenvalue weighted by Gasteiger charge is -2.05. The molecule has 0 amide bonds. The summed E-state index contributed by atoms with van der Waals surface area (Å²) in [5.74, 6) is -1.37. The Hall–Kier alpha value is -2.17. The number of aromatic nitrogens is 1. The van der Waals surface area contributed by atoms with E-state index in [0.29, 0.717) is 4.73 Å². The minimum atomic E-state index is -1.04. The van der Waals surface area contributed by atoms with E-state index in [4.69, 9.17) is 5.11 Å². The van der Waals surface area contributed by atoms with Crippen LogP contribution < -0.4 is 5.56 Å². The number of para-hydroxylation sites is 1. The van der Waals surface area contributed by atoms with Crippen LogP contribution in [0.25, 0.3) is 10.9 Å². The van der Waals surface area contributed by atoms with Crippen molar-refractivity contribution in [3.8, 4) is 11.5 Å². The molecule has 5 nitrogen and oxygen atoms in total. The zero-order valence-electron chi connectivity index (χ0n) is 7.01. The third kappa shape index (κ3) is 0.922. The van der Waals surface area contributed by atoms with Crippen molar-refractivity contribution in [2.75, 3.05) is 0 Å². The van der Waals surface area contributed by atoms with Crippen molar-refractivity contribution in [3.63, 3.8) is 0 Å². The predicted molar refractivity (Wildman–Crippen MR) is 48.7 cm³/mol. The first kappa shape index (κ1) is 8.43. The van der Waals surface area contributed by atoms with E-state index >= 15 is 0 Å². The van der Waals surface area contributed by atoms with Gasteiger partial charge in [0.25, 0.3) is 0 Å². The zero-order valence-corrected chi connectivity index (χ0v) is 7.01. The maximum Gasteiger partial charge on any atom is 0.329 e. The summed E-state index contributed by atoms with van der Waals surface area (Å²) >= 11 is 0. The normalized spacial score (nSPS) is 10.6. The Morgan fingerprint density at radius 1 is 1.07 bits per heavy atom. The highest BCUT2D eigenvalue weighted by molar-refractivity contribution is 5.86. The first-order chi connectivity index (χ1) is 6.63. The lowest BCUT2D eigenvalue weighted by Crippen LogP contribution is -2.17. The van der Waals surface area contributed by atoms with Gasteiger partial charge in [0, 0.05) is 5.39 Å². The van der Waals surface area contributed by atoms with Crippen molar-refractivity contribution in [1.82, 2.24) is 4.73 Å². The van der Waals surface area contributed by atoms with Gasteiger partial charge in [0.1, 0.15) is 0 Å². The topological polar surface area (TPSA) is 82.7 Å². The number of benzene rings is 1. The van der Waals surface area contributed by atoms with Crippen molar-refractivity contribution in [2.24, 2.45) is 0 Å². The molecule has 14 heavy (non-hydrogen) atoms. The summed E-state index contributed by atoms with van der Waals surface area (Å²) in [6.45, 7) is 0. The maximum atomic E-state index is 11.1. The summed E-state index contributed by atoms with van der Waals surface area (Å²) in [6, 6.07) is 6.16. The largest absolute Gasteiger partial charge is 0.504 e. The van der Waals surface area contributed by atoms with Crippen LogP contribution in [0.15, 0.2) is 29.1 Å². The maximum absolute atomic E-state index is 11.1. The van der Waals surface area contributed by atoms with Crippen LogP contribution in [0.2, 0.25) is 0 Å². The Morgan fingerprint density at radius 3 is 2.43 bits per heavy atom. The van der Waals surface area contributed by atoms with Gasteiger partial charge in [-0.1, -0.05) is 12.1 Å². The molecule has 0 aliphatic rings. The Kier molecular flexibility index (Phi) is 1.60. The first-order valence-electron chi connectivity index (χ1n) is 3.88. The number of nitrogens with zero attached hydrogens (tertiary/aromatic N) is 1. The minimum absolute atomic E-state index is 0.146. The van der Waals surface area contributed by atoms with Crippen LogP contribution in [0, 0.1) is 0 Å². The summed E-state index contributed by atoms with van der Waals surface area (Å²) in [4.78, 5) is 11.1.